The molecule has 5 nitrogen and oxygen atoms in total. The molecule has 1 atom stereocenters. The minimum atomic E-state index is -0.414. The first kappa shape index (κ1) is 21.8. The molecule has 3 aromatic carbocycles. The molecular weight excluding hydrogens is 407 g/mol. The van der Waals surface area contributed by atoms with Crippen LogP contribution in [0.1, 0.15) is 41.8 Å². The fourth-order valence-electron chi connectivity index (χ4n) is 4.32. The number of hydrogen-bond donors (Lipinski definition) is 0. The van der Waals surface area contributed by atoms with Gasteiger partial charge in [0.25, 0.3) is 5.91 Å². The van der Waals surface area contributed by atoms with Crippen molar-refractivity contribution in [3.05, 3.63) is 71.0 Å². The maximum absolute atomic E-state index is 14.4. The summed E-state index contributed by atoms with van der Waals surface area (Å²) in [7, 11) is 0. The van der Waals surface area contributed by atoms with E-state index in [9.17, 15) is 14.0 Å². The average Bonchev–Trinajstić information content (AvgIpc) is 2.79. The van der Waals surface area contributed by atoms with Crippen molar-refractivity contribution in [2.24, 2.45) is 0 Å². The minimum Gasteiger partial charge on any atom is -0.449 e. The van der Waals surface area contributed by atoms with Crippen LogP contribution < -0.4 is 9.80 Å². The summed E-state index contributed by atoms with van der Waals surface area (Å²) in [6.07, 6.45) is 0.238. The molecule has 0 fully saturated rings. The second-order valence-electron chi connectivity index (χ2n) is 8.11. The minimum absolute atomic E-state index is 0.215. The van der Waals surface area contributed by atoms with Crippen molar-refractivity contribution in [2.75, 3.05) is 23.0 Å². The SMILES string of the molecule is CCOC(=O)N1c2cc(C)c(C)cc2N(C(=O)c2ccc(F)c3ccccc23)CC1CC. The Morgan fingerprint density at radius 1 is 1.00 bits per heavy atom. The Morgan fingerprint density at radius 2 is 1.66 bits per heavy atom. The Bertz CT molecular complexity index is 1210. The number of nitrogens with zero attached hydrogens (tertiary/aromatic N) is 2. The summed E-state index contributed by atoms with van der Waals surface area (Å²) in [6.45, 7) is 8.32. The number of hydrogen-bond acceptors (Lipinski definition) is 3. The van der Waals surface area contributed by atoms with Crippen LogP contribution in [0.5, 0.6) is 0 Å². The van der Waals surface area contributed by atoms with E-state index in [1.165, 1.54) is 6.07 Å². The van der Waals surface area contributed by atoms with E-state index in [0.29, 0.717) is 40.7 Å². The summed E-state index contributed by atoms with van der Waals surface area (Å²) in [5.41, 5.74) is 3.79. The molecule has 0 spiro atoms. The summed E-state index contributed by atoms with van der Waals surface area (Å²) in [6, 6.07) is 13.5. The van der Waals surface area contributed by atoms with Crippen molar-refractivity contribution < 1.29 is 18.7 Å². The number of halogens is 1. The van der Waals surface area contributed by atoms with Crippen LogP contribution in [0.25, 0.3) is 10.8 Å². The van der Waals surface area contributed by atoms with Gasteiger partial charge in [0.15, 0.2) is 0 Å². The van der Waals surface area contributed by atoms with E-state index in [1.54, 1.807) is 47.1 Å². The van der Waals surface area contributed by atoms with E-state index in [4.69, 9.17) is 4.74 Å². The van der Waals surface area contributed by atoms with Gasteiger partial charge in [0.2, 0.25) is 0 Å². The van der Waals surface area contributed by atoms with E-state index in [2.05, 4.69) is 0 Å². The van der Waals surface area contributed by atoms with Crippen molar-refractivity contribution in [3.63, 3.8) is 0 Å². The highest BCUT2D eigenvalue weighted by atomic mass is 19.1. The third kappa shape index (κ3) is 3.60. The zero-order valence-electron chi connectivity index (χ0n) is 18.8. The number of anilines is 2. The van der Waals surface area contributed by atoms with Gasteiger partial charge in [0.1, 0.15) is 5.82 Å². The lowest BCUT2D eigenvalue weighted by Crippen LogP contribution is -2.53. The highest BCUT2D eigenvalue weighted by Gasteiger charge is 2.38. The maximum Gasteiger partial charge on any atom is 0.414 e. The van der Waals surface area contributed by atoms with E-state index in [1.807, 2.05) is 32.9 Å². The lowest BCUT2D eigenvalue weighted by atomic mass is 9.98. The third-order valence-corrected chi connectivity index (χ3v) is 6.18. The largest absolute Gasteiger partial charge is 0.449 e. The van der Waals surface area contributed by atoms with Gasteiger partial charge in [0, 0.05) is 17.5 Å². The van der Waals surface area contributed by atoms with Gasteiger partial charge >= 0.3 is 6.09 Å². The monoisotopic (exact) mass is 434 g/mol. The first-order valence-electron chi connectivity index (χ1n) is 10.9. The van der Waals surface area contributed by atoms with Gasteiger partial charge in [-0.15, -0.1) is 0 Å². The molecule has 0 N–H and O–H groups in total. The predicted octanol–water partition coefficient (Wildman–Crippen LogP) is 6.00. The molecule has 3 aromatic rings. The van der Waals surface area contributed by atoms with Crippen LogP contribution in [0.2, 0.25) is 0 Å². The molecule has 2 amide bonds. The van der Waals surface area contributed by atoms with Crippen LogP contribution in [0.4, 0.5) is 20.6 Å². The van der Waals surface area contributed by atoms with Gasteiger partial charge in [-0.3, -0.25) is 9.69 Å². The molecule has 1 aliphatic rings. The maximum atomic E-state index is 14.4. The Balaban J connectivity index is 1.88. The van der Waals surface area contributed by atoms with Gasteiger partial charge in [-0.2, -0.15) is 0 Å². The summed E-state index contributed by atoms with van der Waals surface area (Å²) in [4.78, 5) is 30.0. The first-order chi connectivity index (χ1) is 15.4. The second-order valence-corrected chi connectivity index (χ2v) is 8.11. The van der Waals surface area contributed by atoms with Crippen LogP contribution in [-0.2, 0) is 4.74 Å². The normalized spacial score (nSPS) is 15.6. The molecule has 0 radical (unpaired) electrons. The average molecular weight is 435 g/mol. The zero-order valence-corrected chi connectivity index (χ0v) is 18.8. The Labute approximate surface area is 187 Å². The van der Waals surface area contributed by atoms with Crippen LogP contribution in [-0.4, -0.2) is 31.2 Å². The lowest BCUT2D eigenvalue weighted by Gasteiger charge is -2.42. The van der Waals surface area contributed by atoms with Gasteiger partial charge < -0.3 is 9.64 Å². The van der Waals surface area contributed by atoms with Gasteiger partial charge in [-0.25, -0.2) is 9.18 Å². The molecule has 32 heavy (non-hydrogen) atoms. The molecular formula is C26H27FN2O3. The van der Waals surface area contributed by atoms with E-state index in [0.717, 1.165) is 11.1 Å². The quantitative estimate of drug-likeness (QED) is 0.508. The van der Waals surface area contributed by atoms with Crippen molar-refractivity contribution in [1.29, 1.82) is 0 Å². The molecule has 166 valence electrons. The summed E-state index contributed by atoms with van der Waals surface area (Å²) < 4.78 is 19.7. The summed E-state index contributed by atoms with van der Waals surface area (Å²) in [5.74, 6) is -0.574. The third-order valence-electron chi connectivity index (χ3n) is 6.18. The fourth-order valence-corrected chi connectivity index (χ4v) is 4.32. The molecule has 0 bridgehead atoms. The van der Waals surface area contributed by atoms with E-state index in [-0.39, 0.29) is 24.4 Å². The number of carbonyl (C=O) groups excluding carboxylic acids is 2. The second kappa shape index (κ2) is 8.61. The number of benzene rings is 3. The molecule has 0 aliphatic carbocycles. The Kier molecular flexibility index (Phi) is 5.87. The predicted molar refractivity (Wildman–Crippen MR) is 125 cm³/mol. The number of carbonyl (C=O) groups is 2. The zero-order chi connectivity index (χ0) is 23.0. The molecule has 0 saturated carbocycles. The van der Waals surface area contributed by atoms with Gasteiger partial charge in [-0.1, -0.05) is 31.2 Å². The highest BCUT2D eigenvalue weighted by Crippen LogP contribution is 2.40. The Morgan fingerprint density at radius 3 is 2.31 bits per heavy atom. The molecule has 0 aromatic heterocycles. The van der Waals surface area contributed by atoms with Crippen LogP contribution in [0, 0.1) is 19.7 Å². The van der Waals surface area contributed by atoms with Crippen molar-refractivity contribution in [2.45, 2.75) is 40.2 Å². The van der Waals surface area contributed by atoms with Crippen molar-refractivity contribution >= 4 is 34.1 Å². The number of fused-ring (bicyclic) bond motifs is 2. The summed E-state index contributed by atoms with van der Waals surface area (Å²) >= 11 is 0. The van der Waals surface area contributed by atoms with E-state index < -0.39 is 6.09 Å². The van der Waals surface area contributed by atoms with Crippen LogP contribution in [0.3, 0.4) is 0 Å². The van der Waals surface area contributed by atoms with Crippen LogP contribution >= 0.6 is 0 Å². The first-order valence-corrected chi connectivity index (χ1v) is 10.9. The van der Waals surface area contributed by atoms with Gasteiger partial charge in [0.05, 0.1) is 24.0 Å². The van der Waals surface area contributed by atoms with Gasteiger partial charge in [-0.05, 0) is 68.0 Å². The number of amides is 2. The lowest BCUT2D eigenvalue weighted by molar-refractivity contribution is 0.0983. The molecule has 6 heteroatoms. The molecule has 1 heterocycles. The molecule has 1 aliphatic heterocycles. The molecule has 1 unspecified atom stereocenters. The number of aryl methyl sites for hydroxylation is 2. The highest BCUT2D eigenvalue weighted by molar-refractivity contribution is 6.16. The standard InChI is InChI=1S/C26H27FN2O3/c1-5-18-15-28(25(30)21-11-12-22(27)20-10-8-7-9-19(20)21)23-13-16(3)17(4)14-24(23)29(18)26(31)32-6-2/h7-14,18H,5-6,15H2,1-4H3. The Hall–Kier alpha value is -3.41. The topological polar surface area (TPSA) is 49.9 Å². The van der Waals surface area contributed by atoms with Crippen molar-refractivity contribution in [1.82, 2.24) is 0 Å². The summed E-state index contributed by atoms with van der Waals surface area (Å²) in [5, 5.41) is 0.986. The molecule has 4 rings (SSSR count). The molecule has 0 saturated heterocycles. The fraction of sp³-hybridized carbons (Fsp3) is 0.308. The van der Waals surface area contributed by atoms with Crippen molar-refractivity contribution in [3.8, 4) is 0 Å². The number of ether oxygens (including phenoxy) is 1. The number of rotatable bonds is 3. The smallest absolute Gasteiger partial charge is 0.414 e. The van der Waals surface area contributed by atoms with E-state index >= 15 is 0 Å². The van der Waals surface area contributed by atoms with Crippen LogP contribution in [0.15, 0.2) is 48.5 Å².